The van der Waals surface area contributed by atoms with Crippen molar-refractivity contribution >= 4 is 23.3 Å². The quantitative estimate of drug-likeness (QED) is 0.827. The normalized spacial score (nSPS) is 14.9. The van der Waals surface area contributed by atoms with E-state index in [0.717, 1.165) is 16.2 Å². The average Bonchev–Trinajstić information content (AvgIpc) is 2.64. The first-order valence-corrected chi connectivity index (χ1v) is 6.22. The zero-order valence-corrected chi connectivity index (χ0v) is 11.4. The third-order valence-corrected chi connectivity index (χ3v) is 3.09. The maximum atomic E-state index is 11.9. The second kappa shape index (κ2) is 5.22. The minimum absolute atomic E-state index is 0.274. The number of aliphatic imine (C=N–C) groups is 1. The van der Waals surface area contributed by atoms with E-state index in [1.165, 1.54) is 0 Å². The summed E-state index contributed by atoms with van der Waals surface area (Å²) < 4.78 is 0. The van der Waals surface area contributed by atoms with Crippen molar-refractivity contribution in [2.45, 2.75) is 13.3 Å². The molecule has 2 rings (SSSR count). The van der Waals surface area contributed by atoms with Gasteiger partial charge in [-0.1, -0.05) is 12.1 Å². The number of carbonyl (C=O) groups is 2. The van der Waals surface area contributed by atoms with Gasteiger partial charge in [0.25, 0.3) is 5.91 Å². The third kappa shape index (κ3) is 2.65. The van der Waals surface area contributed by atoms with E-state index in [-0.39, 0.29) is 5.91 Å². The number of urea groups is 1. The topological polar surface area (TPSA) is 53.0 Å². The van der Waals surface area contributed by atoms with Crippen LogP contribution in [0.4, 0.5) is 10.5 Å². The van der Waals surface area contributed by atoms with Gasteiger partial charge in [-0.05, 0) is 24.6 Å². The van der Waals surface area contributed by atoms with Gasteiger partial charge in [0, 0.05) is 32.7 Å². The third-order valence-electron chi connectivity index (χ3n) is 3.09. The molecule has 5 nitrogen and oxygen atoms in total. The predicted octanol–water partition coefficient (Wildman–Crippen LogP) is 1.72. The summed E-state index contributed by atoms with van der Waals surface area (Å²) in [5.41, 5.74) is 2.39. The van der Waals surface area contributed by atoms with Crippen LogP contribution in [0, 0.1) is 0 Å². The lowest BCUT2D eigenvalue weighted by Crippen LogP contribution is -2.32. The molecule has 0 spiro atoms. The van der Waals surface area contributed by atoms with Crippen LogP contribution in [-0.2, 0) is 11.2 Å². The van der Waals surface area contributed by atoms with Crippen LogP contribution in [0.1, 0.15) is 12.5 Å². The molecule has 1 heterocycles. The van der Waals surface area contributed by atoms with Gasteiger partial charge in [0.1, 0.15) is 5.71 Å². The molecule has 0 atom stereocenters. The van der Waals surface area contributed by atoms with Gasteiger partial charge in [-0.25, -0.2) is 4.79 Å². The number of imide groups is 1. The van der Waals surface area contributed by atoms with Gasteiger partial charge in [-0.15, -0.1) is 0 Å². The van der Waals surface area contributed by atoms with E-state index in [1.807, 2.05) is 43.3 Å². The first-order chi connectivity index (χ1) is 9.02. The summed E-state index contributed by atoms with van der Waals surface area (Å²) in [6.45, 7) is 2.13. The Morgan fingerprint density at radius 1 is 1.16 bits per heavy atom. The largest absolute Gasteiger partial charge is 0.378 e. The smallest absolute Gasteiger partial charge is 0.350 e. The van der Waals surface area contributed by atoms with Gasteiger partial charge in [-0.2, -0.15) is 4.99 Å². The molecule has 0 saturated heterocycles. The SMILES string of the molecule is CCN1C(=O)N=C(Cc2ccc(N(C)C)cc2)C1=O. The van der Waals surface area contributed by atoms with Crippen molar-refractivity contribution in [1.82, 2.24) is 4.90 Å². The second-order valence-corrected chi connectivity index (χ2v) is 4.63. The van der Waals surface area contributed by atoms with E-state index < -0.39 is 6.03 Å². The van der Waals surface area contributed by atoms with Crippen molar-refractivity contribution in [3.8, 4) is 0 Å². The highest BCUT2D eigenvalue weighted by atomic mass is 16.2. The standard InChI is InChI=1S/C14H17N3O2/c1-4-17-13(18)12(15-14(17)19)9-10-5-7-11(8-6-10)16(2)3/h5-8H,4,9H2,1-3H3. The molecule has 1 aromatic carbocycles. The highest BCUT2D eigenvalue weighted by Crippen LogP contribution is 2.15. The first-order valence-electron chi connectivity index (χ1n) is 6.22. The summed E-state index contributed by atoms with van der Waals surface area (Å²) in [6.07, 6.45) is 0.398. The summed E-state index contributed by atoms with van der Waals surface area (Å²) in [4.78, 5) is 30.3. The van der Waals surface area contributed by atoms with E-state index in [4.69, 9.17) is 0 Å². The van der Waals surface area contributed by atoms with Crippen molar-refractivity contribution in [3.05, 3.63) is 29.8 Å². The van der Waals surface area contributed by atoms with Gasteiger partial charge < -0.3 is 4.90 Å². The zero-order valence-electron chi connectivity index (χ0n) is 11.4. The van der Waals surface area contributed by atoms with E-state index >= 15 is 0 Å². The summed E-state index contributed by atoms with van der Waals surface area (Å²) in [5.74, 6) is -0.274. The molecule has 1 aromatic rings. The van der Waals surface area contributed by atoms with Crippen LogP contribution in [0.5, 0.6) is 0 Å². The van der Waals surface area contributed by atoms with Gasteiger partial charge in [0.05, 0.1) is 0 Å². The fraction of sp³-hybridized carbons (Fsp3) is 0.357. The molecule has 0 aromatic heterocycles. The molecule has 0 unspecified atom stereocenters. The number of anilines is 1. The Hall–Kier alpha value is -2.17. The molecule has 1 aliphatic rings. The Morgan fingerprint density at radius 3 is 2.26 bits per heavy atom. The van der Waals surface area contributed by atoms with Gasteiger partial charge in [0.2, 0.25) is 0 Å². The van der Waals surface area contributed by atoms with Crippen LogP contribution in [0.15, 0.2) is 29.3 Å². The van der Waals surface area contributed by atoms with Crippen molar-refractivity contribution in [1.29, 1.82) is 0 Å². The van der Waals surface area contributed by atoms with Crippen LogP contribution in [0.3, 0.4) is 0 Å². The number of benzene rings is 1. The molecule has 100 valence electrons. The summed E-state index contributed by atoms with van der Waals surface area (Å²) in [6, 6.07) is 7.41. The lowest BCUT2D eigenvalue weighted by Gasteiger charge is -2.12. The molecule has 3 amide bonds. The molecular formula is C14H17N3O2. The minimum Gasteiger partial charge on any atom is -0.378 e. The van der Waals surface area contributed by atoms with Crippen molar-refractivity contribution < 1.29 is 9.59 Å². The first kappa shape index (κ1) is 13.3. The highest BCUT2D eigenvalue weighted by molar-refractivity contribution is 6.46. The van der Waals surface area contributed by atoms with Crippen LogP contribution < -0.4 is 4.90 Å². The predicted molar refractivity (Wildman–Crippen MR) is 74.7 cm³/mol. The Balaban J connectivity index is 2.12. The lowest BCUT2D eigenvalue weighted by atomic mass is 10.1. The van der Waals surface area contributed by atoms with E-state index in [1.54, 1.807) is 6.92 Å². The molecule has 0 fully saturated rings. The molecule has 0 aliphatic carbocycles. The van der Waals surface area contributed by atoms with E-state index in [0.29, 0.717) is 18.7 Å². The Morgan fingerprint density at radius 2 is 1.79 bits per heavy atom. The number of hydrogen-bond acceptors (Lipinski definition) is 3. The monoisotopic (exact) mass is 259 g/mol. The number of hydrogen-bond donors (Lipinski definition) is 0. The van der Waals surface area contributed by atoms with Crippen molar-refractivity contribution in [3.63, 3.8) is 0 Å². The molecule has 0 N–H and O–H groups in total. The number of amides is 3. The Bertz CT molecular complexity index is 532. The summed E-state index contributed by atoms with van der Waals surface area (Å²) in [5, 5.41) is 0. The zero-order chi connectivity index (χ0) is 14.0. The summed E-state index contributed by atoms with van der Waals surface area (Å²) >= 11 is 0. The van der Waals surface area contributed by atoms with E-state index in [2.05, 4.69) is 4.99 Å². The maximum absolute atomic E-state index is 11.9. The lowest BCUT2D eigenvalue weighted by molar-refractivity contribution is -0.120. The van der Waals surface area contributed by atoms with Gasteiger partial charge >= 0.3 is 6.03 Å². The Kier molecular flexibility index (Phi) is 3.64. The molecule has 1 aliphatic heterocycles. The number of rotatable bonds is 4. The molecule has 0 bridgehead atoms. The Labute approximate surface area is 112 Å². The molecule has 5 heteroatoms. The average molecular weight is 259 g/mol. The van der Waals surface area contributed by atoms with Crippen molar-refractivity contribution in [2.24, 2.45) is 4.99 Å². The summed E-state index contributed by atoms with van der Waals surface area (Å²) in [7, 11) is 3.94. The van der Waals surface area contributed by atoms with Crippen LogP contribution in [0.2, 0.25) is 0 Å². The van der Waals surface area contributed by atoms with Crippen LogP contribution >= 0.6 is 0 Å². The molecule has 19 heavy (non-hydrogen) atoms. The van der Waals surface area contributed by atoms with Crippen LogP contribution in [-0.4, -0.2) is 43.2 Å². The number of carbonyl (C=O) groups excluding carboxylic acids is 2. The van der Waals surface area contributed by atoms with Gasteiger partial charge in [-0.3, -0.25) is 9.69 Å². The highest BCUT2D eigenvalue weighted by Gasteiger charge is 2.31. The fourth-order valence-electron chi connectivity index (χ4n) is 1.97. The molecular weight excluding hydrogens is 242 g/mol. The minimum atomic E-state index is -0.451. The van der Waals surface area contributed by atoms with Gasteiger partial charge in [0.15, 0.2) is 0 Å². The second-order valence-electron chi connectivity index (χ2n) is 4.63. The number of nitrogens with zero attached hydrogens (tertiary/aromatic N) is 3. The molecule has 0 saturated carbocycles. The van der Waals surface area contributed by atoms with Crippen molar-refractivity contribution in [2.75, 3.05) is 25.5 Å². The van der Waals surface area contributed by atoms with Crippen LogP contribution in [0.25, 0.3) is 0 Å². The maximum Gasteiger partial charge on any atom is 0.350 e. The molecule has 0 radical (unpaired) electrons. The van der Waals surface area contributed by atoms with E-state index in [9.17, 15) is 9.59 Å². The fourth-order valence-corrected chi connectivity index (χ4v) is 1.97.